The van der Waals surface area contributed by atoms with E-state index in [1.54, 1.807) is 12.3 Å². The lowest BCUT2D eigenvalue weighted by Gasteiger charge is -2.35. The number of aromatic nitrogens is 4. The lowest BCUT2D eigenvalue weighted by molar-refractivity contribution is 0.0748. The zero-order chi connectivity index (χ0) is 21.4. The largest absolute Gasteiger partial charge is 0.353 e. The maximum Gasteiger partial charge on any atom is 0.254 e. The second-order valence-corrected chi connectivity index (χ2v) is 8.65. The average molecular weight is 427 g/mol. The lowest BCUT2D eigenvalue weighted by atomic mass is 10.0. The Balaban J connectivity index is 1.60. The topological polar surface area (TPSA) is 67.2 Å². The van der Waals surface area contributed by atoms with E-state index in [-0.39, 0.29) is 17.9 Å². The average Bonchev–Trinajstić information content (AvgIpc) is 3.17. The van der Waals surface area contributed by atoms with Gasteiger partial charge in [0, 0.05) is 37.9 Å². The Morgan fingerprint density at radius 3 is 2.43 bits per heavy atom. The van der Waals surface area contributed by atoms with Crippen LogP contribution >= 0.6 is 11.6 Å². The number of carbonyl (C=O) groups excluding carboxylic acids is 1. The number of nitrogens with zero attached hydrogens (tertiary/aromatic N) is 6. The predicted molar refractivity (Wildman–Crippen MR) is 119 cm³/mol. The minimum atomic E-state index is 0.0336. The molecule has 4 heterocycles. The Hall–Kier alpha value is -2.67. The summed E-state index contributed by atoms with van der Waals surface area (Å²) in [5.41, 5.74) is 2.38. The summed E-state index contributed by atoms with van der Waals surface area (Å²) in [5, 5.41) is 5.79. The molecule has 1 amide bonds. The monoisotopic (exact) mass is 426 g/mol. The van der Waals surface area contributed by atoms with Crippen LogP contribution < -0.4 is 4.90 Å². The van der Waals surface area contributed by atoms with E-state index in [9.17, 15) is 4.79 Å². The summed E-state index contributed by atoms with van der Waals surface area (Å²) in [6, 6.07) is 7.73. The van der Waals surface area contributed by atoms with E-state index in [1.165, 1.54) is 0 Å². The molecule has 30 heavy (non-hydrogen) atoms. The summed E-state index contributed by atoms with van der Waals surface area (Å²) in [6.45, 7) is 11.0. The summed E-state index contributed by atoms with van der Waals surface area (Å²) in [6.07, 6.45) is 1.77. The molecule has 0 aliphatic carbocycles. The first kappa shape index (κ1) is 20.6. The van der Waals surface area contributed by atoms with Gasteiger partial charge in [-0.15, -0.1) is 0 Å². The van der Waals surface area contributed by atoms with Gasteiger partial charge in [-0.1, -0.05) is 31.5 Å². The van der Waals surface area contributed by atoms with E-state index >= 15 is 0 Å². The molecule has 1 fully saturated rings. The fourth-order valence-electron chi connectivity index (χ4n) is 3.77. The van der Waals surface area contributed by atoms with Crippen LogP contribution in [0.15, 0.2) is 30.5 Å². The SMILES string of the molecule is CC(C)c1cc(C(=O)N2CCN(c3cccc(Cl)n3)CC2)c2cnn(C(C)C)c2n1. The minimum Gasteiger partial charge on any atom is -0.353 e. The van der Waals surface area contributed by atoms with Gasteiger partial charge in [0.15, 0.2) is 5.65 Å². The number of amides is 1. The highest BCUT2D eigenvalue weighted by Crippen LogP contribution is 2.26. The fraction of sp³-hybridized carbons (Fsp3) is 0.455. The highest BCUT2D eigenvalue weighted by atomic mass is 35.5. The molecule has 0 saturated carbocycles. The van der Waals surface area contributed by atoms with Crippen molar-refractivity contribution in [2.75, 3.05) is 31.1 Å². The van der Waals surface area contributed by atoms with Crippen LogP contribution in [0.1, 0.15) is 55.7 Å². The molecule has 0 aromatic carbocycles. The van der Waals surface area contributed by atoms with Crippen molar-refractivity contribution >= 4 is 34.4 Å². The standard InChI is InChI=1S/C22H27ClN6O/c1-14(2)18-12-16(17-13-24-29(15(3)4)21(17)25-18)22(30)28-10-8-27(9-11-28)20-7-5-6-19(23)26-20/h5-7,12-15H,8-11H2,1-4H3. The summed E-state index contributed by atoms with van der Waals surface area (Å²) in [5.74, 6) is 1.11. The van der Waals surface area contributed by atoms with Gasteiger partial charge in [-0.2, -0.15) is 5.10 Å². The molecule has 3 aromatic heterocycles. The Bertz CT molecular complexity index is 1070. The zero-order valence-corrected chi connectivity index (χ0v) is 18.6. The fourth-order valence-corrected chi connectivity index (χ4v) is 3.93. The number of pyridine rings is 2. The van der Waals surface area contributed by atoms with E-state index < -0.39 is 0 Å². The van der Waals surface area contributed by atoms with Gasteiger partial charge >= 0.3 is 0 Å². The molecule has 1 aliphatic rings. The van der Waals surface area contributed by atoms with E-state index in [1.807, 2.05) is 27.8 Å². The van der Waals surface area contributed by atoms with Gasteiger partial charge in [0.2, 0.25) is 0 Å². The predicted octanol–water partition coefficient (Wildman–Crippen LogP) is 4.15. The van der Waals surface area contributed by atoms with Crippen LogP contribution in [0, 0.1) is 0 Å². The van der Waals surface area contributed by atoms with Crippen molar-refractivity contribution in [1.29, 1.82) is 0 Å². The Morgan fingerprint density at radius 2 is 1.80 bits per heavy atom. The molecule has 0 bridgehead atoms. The van der Waals surface area contributed by atoms with Crippen LogP contribution in [0.4, 0.5) is 5.82 Å². The van der Waals surface area contributed by atoms with Crippen molar-refractivity contribution < 1.29 is 4.79 Å². The van der Waals surface area contributed by atoms with Crippen molar-refractivity contribution in [2.24, 2.45) is 0 Å². The summed E-state index contributed by atoms with van der Waals surface area (Å²) in [4.78, 5) is 26.7. The van der Waals surface area contributed by atoms with Crippen molar-refractivity contribution in [3.63, 3.8) is 0 Å². The Labute approximate surface area is 181 Å². The molecule has 4 rings (SSSR count). The highest BCUT2D eigenvalue weighted by Gasteiger charge is 2.26. The van der Waals surface area contributed by atoms with Gasteiger partial charge in [-0.25, -0.2) is 14.6 Å². The smallest absolute Gasteiger partial charge is 0.254 e. The number of hydrogen-bond donors (Lipinski definition) is 0. The molecular weight excluding hydrogens is 400 g/mol. The third kappa shape index (κ3) is 3.86. The first-order valence-electron chi connectivity index (χ1n) is 10.4. The van der Waals surface area contributed by atoms with Gasteiger partial charge in [0.25, 0.3) is 5.91 Å². The van der Waals surface area contributed by atoms with Crippen LogP contribution in [0.25, 0.3) is 11.0 Å². The van der Waals surface area contributed by atoms with Crippen LogP contribution in [-0.4, -0.2) is 56.7 Å². The van der Waals surface area contributed by atoms with Crippen molar-refractivity contribution in [3.8, 4) is 0 Å². The number of rotatable bonds is 4. The van der Waals surface area contributed by atoms with Crippen LogP contribution in [0.5, 0.6) is 0 Å². The summed E-state index contributed by atoms with van der Waals surface area (Å²) < 4.78 is 1.89. The van der Waals surface area contributed by atoms with E-state index in [0.29, 0.717) is 23.8 Å². The normalized spacial score (nSPS) is 14.9. The second-order valence-electron chi connectivity index (χ2n) is 8.27. The molecule has 7 nitrogen and oxygen atoms in total. The van der Waals surface area contributed by atoms with Crippen LogP contribution in [0.3, 0.4) is 0 Å². The molecular formula is C22H27ClN6O. The number of hydrogen-bond acceptors (Lipinski definition) is 5. The molecule has 1 aliphatic heterocycles. The molecule has 1 saturated heterocycles. The molecule has 0 unspecified atom stereocenters. The zero-order valence-electron chi connectivity index (χ0n) is 17.8. The summed E-state index contributed by atoms with van der Waals surface area (Å²) >= 11 is 6.03. The minimum absolute atomic E-state index is 0.0336. The number of halogens is 1. The van der Waals surface area contributed by atoms with Gasteiger partial charge in [0.1, 0.15) is 11.0 Å². The quantitative estimate of drug-likeness (QED) is 0.586. The van der Waals surface area contributed by atoms with Gasteiger partial charge in [0.05, 0.1) is 17.1 Å². The maximum absolute atomic E-state index is 13.5. The van der Waals surface area contributed by atoms with Crippen LogP contribution in [0.2, 0.25) is 5.15 Å². The third-order valence-corrected chi connectivity index (χ3v) is 5.70. The molecule has 158 valence electrons. The van der Waals surface area contributed by atoms with Crippen LogP contribution in [-0.2, 0) is 0 Å². The van der Waals surface area contributed by atoms with Gasteiger partial charge < -0.3 is 9.80 Å². The van der Waals surface area contributed by atoms with E-state index in [2.05, 4.69) is 42.7 Å². The summed E-state index contributed by atoms with van der Waals surface area (Å²) in [7, 11) is 0. The molecule has 0 atom stereocenters. The number of carbonyl (C=O) groups is 1. The maximum atomic E-state index is 13.5. The van der Waals surface area contributed by atoms with Crippen molar-refractivity contribution in [1.82, 2.24) is 24.6 Å². The number of fused-ring (bicyclic) bond motifs is 1. The molecule has 0 spiro atoms. The molecule has 8 heteroatoms. The molecule has 0 radical (unpaired) electrons. The van der Waals surface area contributed by atoms with Crippen molar-refractivity contribution in [2.45, 2.75) is 39.7 Å². The molecule has 3 aromatic rings. The Morgan fingerprint density at radius 1 is 1.07 bits per heavy atom. The first-order chi connectivity index (χ1) is 14.3. The highest BCUT2D eigenvalue weighted by molar-refractivity contribution is 6.29. The molecule has 0 N–H and O–H groups in total. The Kier molecular flexibility index (Phi) is 5.64. The van der Waals surface area contributed by atoms with Crippen molar-refractivity contribution in [3.05, 3.63) is 46.9 Å². The van der Waals surface area contributed by atoms with E-state index in [0.717, 1.165) is 35.6 Å². The first-order valence-corrected chi connectivity index (χ1v) is 10.8. The van der Waals surface area contributed by atoms with Gasteiger partial charge in [-0.05, 0) is 38.0 Å². The second kappa shape index (κ2) is 8.22. The number of anilines is 1. The van der Waals surface area contributed by atoms with Gasteiger partial charge in [-0.3, -0.25) is 4.79 Å². The third-order valence-electron chi connectivity index (χ3n) is 5.49. The van der Waals surface area contributed by atoms with E-state index in [4.69, 9.17) is 16.6 Å². The lowest BCUT2D eigenvalue weighted by Crippen LogP contribution is -2.49. The number of piperazine rings is 1.